The number of amides is 1. The van der Waals surface area contributed by atoms with Gasteiger partial charge in [0, 0.05) is 29.0 Å². The van der Waals surface area contributed by atoms with E-state index >= 15 is 0 Å². The van der Waals surface area contributed by atoms with Gasteiger partial charge in [0.1, 0.15) is 16.5 Å². The molecule has 0 radical (unpaired) electrons. The van der Waals surface area contributed by atoms with E-state index in [4.69, 9.17) is 4.74 Å². The number of aromatic amines is 1. The van der Waals surface area contributed by atoms with E-state index in [9.17, 15) is 14.7 Å². The number of aromatic hydroxyl groups is 1. The van der Waals surface area contributed by atoms with Crippen molar-refractivity contribution in [1.82, 2.24) is 15.3 Å². The van der Waals surface area contributed by atoms with E-state index < -0.39 is 0 Å². The Kier molecular flexibility index (Phi) is 6.38. The minimum absolute atomic E-state index is 0.112. The van der Waals surface area contributed by atoms with Crippen LogP contribution in [0.2, 0.25) is 0 Å². The van der Waals surface area contributed by atoms with Crippen molar-refractivity contribution >= 4 is 28.6 Å². The van der Waals surface area contributed by atoms with Crippen LogP contribution >= 0.6 is 22.7 Å². The molecule has 0 spiro atoms. The van der Waals surface area contributed by atoms with Crippen LogP contribution in [0.4, 0.5) is 0 Å². The maximum atomic E-state index is 12.8. The Morgan fingerprint density at radius 1 is 1.19 bits per heavy atom. The largest absolute Gasteiger partial charge is 0.496 e. The van der Waals surface area contributed by atoms with Crippen LogP contribution in [0.3, 0.4) is 0 Å². The van der Waals surface area contributed by atoms with Crippen molar-refractivity contribution in [3.63, 3.8) is 0 Å². The second-order valence-corrected chi connectivity index (χ2v) is 9.35. The summed E-state index contributed by atoms with van der Waals surface area (Å²) in [5, 5.41) is 13.6. The number of rotatable bonds is 7. The molecule has 0 aliphatic rings. The number of hydrogen-bond acceptors (Lipinski definition) is 7. The van der Waals surface area contributed by atoms with Crippen LogP contribution in [0.15, 0.2) is 53.3 Å². The average molecular weight is 468 g/mol. The van der Waals surface area contributed by atoms with Crippen molar-refractivity contribution in [3.8, 4) is 22.2 Å². The smallest absolute Gasteiger partial charge is 0.307 e. The molecule has 0 saturated carbocycles. The zero-order valence-corrected chi connectivity index (χ0v) is 19.1. The van der Waals surface area contributed by atoms with Crippen molar-refractivity contribution in [1.29, 1.82) is 0 Å². The van der Waals surface area contributed by atoms with Crippen molar-refractivity contribution in [2.24, 2.45) is 0 Å². The second kappa shape index (κ2) is 9.37. The van der Waals surface area contributed by atoms with Gasteiger partial charge in [-0.05, 0) is 24.6 Å². The first-order valence-corrected chi connectivity index (χ1v) is 11.5. The molecule has 2 aromatic heterocycles. The summed E-state index contributed by atoms with van der Waals surface area (Å²) in [6.07, 6.45) is 0.395. The van der Waals surface area contributed by atoms with Gasteiger partial charge in [-0.25, -0.2) is 4.98 Å². The van der Waals surface area contributed by atoms with E-state index in [0.717, 1.165) is 37.9 Å². The van der Waals surface area contributed by atoms with Gasteiger partial charge in [-0.2, -0.15) is 0 Å². The quantitative estimate of drug-likeness (QED) is 0.380. The van der Waals surface area contributed by atoms with Gasteiger partial charge >= 0.3 is 4.87 Å². The Bertz CT molecular complexity index is 1310. The number of methoxy groups -OCH3 is 1. The Morgan fingerprint density at radius 3 is 2.66 bits per heavy atom. The van der Waals surface area contributed by atoms with Gasteiger partial charge in [0.2, 0.25) is 5.88 Å². The normalized spacial score (nSPS) is 10.8. The van der Waals surface area contributed by atoms with E-state index in [-0.39, 0.29) is 23.2 Å². The van der Waals surface area contributed by atoms with Gasteiger partial charge in [-0.1, -0.05) is 47.7 Å². The van der Waals surface area contributed by atoms with Crippen molar-refractivity contribution in [2.45, 2.75) is 19.9 Å². The molecule has 0 saturated heterocycles. The number of aromatic nitrogens is 2. The number of nitrogens with one attached hydrogen (secondary N) is 2. The van der Waals surface area contributed by atoms with Gasteiger partial charge in [-0.3, -0.25) is 14.6 Å². The van der Waals surface area contributed by atoms with Crippen molar-refractivity contribution < 1.29 is 14.6 Å². The topological polar surface area (TPSA) is 104 Å². The molecule has 2 aromatic carbocycles. The van der Waals surface area contributed by atoms with E-state index in [1.165, 1.54) is 11.3 Å². The Labute approximate surface area is 192 Å². The number of benzene rings is 2. The highest BCUT2D eigenvalue weighted by Gasteiger charge is 2.17. The maximum Gasteiger partial charge on any atom is 0.307 e. The molecule has 1 amide bonds. The molecule has 0 unspecified atom stereocenters. The first kappa shape index (κ1) is 21.8. The number of aryl methyl sites for hydroxylation is 1. The summed E-state index contributed by atoms with van der Waals surface area (Å²) >= 11 is 2.46. The fourth-order valence-corrected chi connectivity index (χ4v) is 4.98. The maximum absolute atomic E-state index is 12.8. The van der Waals surface area contributed by atoms with Crippen LogP contribution in [0, 0.1) is 6.92 Å². The van der Waals surface area contributed by atoms with Crippen LogP contribution in [0.5, 0.6) is 11.6 Å². The van der Waals surface area contributed by atoms with Crippen LogP contribution in [0.1, 0.15) is 31.4 Å². The van der Waals surface area contributed by atoms with Crippen LogP contribution in [-0.4, -0.2) is 28.1 Å². The molecule has 4 aromatic rings. The summed E-state index contributed by atoms with van der Waals surface area (Å²) in [5.41, 5.74) is 3.06. The molecule has 0 atom stereocenters. The molecule has 3 N–H and O–H groups in total. The summed E-state index contributed by atoms with van der Waals surface area (Å²) in [4.78, 5) is 32.3. The van der Waals surface area contributed by atoms with E-state index in [1.54, 1.807) is 7.11 Å². The summed E-state index contributed by atoms with van der Waals surface area (Å²) in [6.45, 7) is 2.14. The van der Waals surface area contributed by atoms with Gasteiger partial charge in [0.15, 0.2) is 0 Å². The molecule has 2 heterocycles. The average Bonchev–Trinajstić information content (AvgIpc) is 3.34. The minimum Gasteiger partial charge on any atom is -0.496 e. The van der Waals surface area contributed by atoms with Gasteiger partial charge < -0.3 is 15.2 Å². The number of ether oxygens (including phenoxy) is 1. The van der Waals surface area contributed by atoms with Gasteiger partial charge in [0.05, 0.1) is 12.0 Å². The lowest BCUT2D eigenvalue weighted by atomic mass is 10.1. The number of carbonyl (C=O) groups excluding carboxylic acids is 1. The lowest BCUT2D eigenvalue weighted by Crippen LogP contribution is -2.24. The molecular formula is C23H21N3O4S2. The summed E-state index contributed by atoms with van der Waals surface area (Å²) < 4.78 is 5.43. The zero-order chi connectivity index (χ0) is 22.7. The van der Waals surface area contributed by atoms with Crippen molar-refractivity contribution in [3.05, 3.63) is 84.8 Å². The molecule has 0 bridgehead atoms. The number of H-pyrrole nitrogens is 1. The van der Waals surface area contributed by atoms with Crippen molar-refractivity contribution in [2.75, 3.05) is 7.11 Å². The molecular weight excluding hydrogens is 446 g/mol. The molecule has 32 heavy (non-hydrogen) atoms. The monoisotopic (exact) mass is 467 g/mol. The molecule has 4 rings (SSSR count). The lowest BCUT2D eigenvalue weighted by Gasteiger charge is -2.11. The Hall–Kier alpha value is -3.43. The van der Waals surface area contributed by atoms with E-state index in [0.29, 0.717) is 22.7 Å². The highest BCUT2D eigenvalue weighted by atomic mass is 32.1. The first-order chi connectivity index (χ1) is 15.4. The van der Waals surface area contributed by atoms with Crippen LogP contribution < -0.4 is 14.9 Å². The third-order valence-corrected chi connectivity index (χ3v) is 6.77. The molecule has 9 heteroatoms. The summed E-state index contributed by atoms with van der Waals surface area (Å²) in [5.74, 6) is 0.272. The highest BCUT2D eigenvalue weighted by Crippen LogP contribution is 2.28. The van der Waals surface area contributed by atoms with E-state index in [1.807, 2.05) is 55.5 Å². The minimum atomic E-state index is -0.299. The fraction of sp³-hybridized carbons (Fsp3) is 0.174. The Balaban J connectivity index is 1.50. The highest BCUT2D eigenvalue weighted by molar-refractivity contribution is 7.15. The molecule has 7 nitrogen and oxygen atoms in total. The SMILES string of the molecule is COc1ccc(Cc2sc(=O)[nH]c2O)cc1CNC(=O)c1nc(-c2ccccc2)sc1C. The third-order valence-electron chi connectivity index (χ3n) is 4.88. The number of hydrogen-bond donors (Lipinski definition) is 3. The standard InChI is InChI=1S/C23H21N3O4S2/c1-13-19(25-22(31-13)15-6-4-3-5-7-15)21(28)24-12-16-10-14(8-9-17(16)30-2)11-18-20(27)26-23(29)32-18/h3-10,27H,11-12H2,1-2H3,(H,24,28)(H,26,29). The van der Waals surface area contributed by atoms with Gasteiger partial charge in [-0.15, -0.1) is 11.3 Å². The van der Waals surface area contributed by atoms with Gasteiger partial charge in [0.25, 0.3) is 5.91 Å². The molecule has 0 aliphatic carbocycles. The van der Waals surface area contributed by atoms with Crippen LogP contribution in [-0.2, 0) is 13.0 Å². The third kappa shape index (κ3) is 4.74. The summed E-state index contributed by atoms with van der Waals surface area (Å²) in [7, 11) is 1.57. The second-order valence-electron chi connectivity index (χ2n) is 7.08. The first-order valence-electron chi connectivity index (χ1n) is 9.82. The molecule has 164 valence electrons. The zero-order valence-electron chi connectivity index (χ0n) is 17.5. The van der Waals surface area contributed by atoms with E-state index in [2.05, 4.69) is 15.3 Å². The predicted octanol–water partition coefficient (Wildman–Crippen LogP) is 4.10. The molecule has 0 aliphatic heterocycles. The Morgan fingerprint density at radius 2 is 1.97 bits per heavy atom. The van der Waals surface area contributed by atoms with Crippen LogP contribution in [0.25, 0.3) is 10.6 Å². The summed E-state index contributed by atoms with van der Waals surface area (Å²) in [6, 6.07) is 15.3. The molecule has 0 fully saturated rings. The number of thiazole rings is 2. The fourth-order valence-electron chi connectivity index (χ4n) is 3.31. The number of carbonyl (C=O) groups is 1. The lowest BCUT2D eigenvalue weighted by molar-refractivity contribution is 0.0946. The number of nitrogens with zero attached hydrogens (tertiary/aromatic N) is 1. The predicted molar refractivity (Wildman–Crippen MR) is 126 cm³/mol.